The average molecular weight is 315 g/mol. The van der Waals surface area contributed by atoms with Gasteiger partial charge in [0.2, 0.25) is 5.91 Å². The number of anilines is 1. The van der Waals surface area contributed by atoms with E-state index in [0.29, 0.717) is 17.8 Å². The molecular weight excluding hydrogens is 286 g/mol. The highest BCUT2D eigenvalue weighted by Gasteiger charge is 2.28. The minimum absolute atomic E-state index is 0.105. The molecule has 1 amide bonds. The predicted molar refractivity (Wildman–Crippen MR) is 93.9 cm³/mol. The van der Waals surface area contributed by atoms with Crippen LogP contribution in [0, 0.1) is 23.7 Å². The first-order valence-corrected chi connectivity index (χ1v) is 9.05. The van der Waals surface area contributed by atoms with Crippen molar-refractivity contribution in [2.75, 3.05) is 11.9 Å². The van der Waals surface area contributed by atoms with Gasteiger partial charge in [0.25, 0.3) is 0 Å². The van der Waals surface area contributed by atoms with E-state index in [0.717, 1.165) is 43.7 Å². The van der Waals surface area contributed by atoms with Crippen LogP contribution < -0.4 is 10.1 Å². The third-order valence-corrected chi connectivity index (χ3v) is 5.59. The van der Waals surface area contributed by atoms with Gasteiger partial charge in [-0.05, 0) is 66.7 Å². The number of aryl methyl sites for hydroxylation is 2. The zero-order valence-electron chi connectivity index (χ0n) is 14.8. The van der Waals surface area contributed by atoms with Crippen LogP contribution in [-0.2, 0) is 17.6 Å². The van der Waals surface area contributed by atoms with Crippen molar-refractivity contribution in [3.05, 3.63) is 23.3 Å². The zero-order valence-corrected chi connectivity index (χ0v) is 14.8. The molecule has 0 aliphatic carbocycles. The van der Waals surface area contributed by atoms with Crippen molar-refractivity contribution < 1.29 is 9.53 Å². The van der Waals surface area contributed by atoms with E-state index >= 15 is 0 Å². The van der Waals surface area contributed by atoms with E-state index in [1.54, 1.807) is 0 Å². The second-order valence-corrected chi connectivity index (χ2v) is 7.85. The highest BCUT2D eigenvalue weighted by molar-refractivity contribution is 5.94. The molecule has 126 valence electrons. The maximum Gasteiger partial charge on any atom is 0.227 e. The molecule has 3 heteroatoms. The first kappa shape index (κ1) is 16.4. The highest BCUT2D eigenvalue weighted by atomic mass is 16.5. The Bertz CT molecular complexity index is 592. The maximum atomic E-state index is 12.5. The summed E-state index contributed by atoms with van der Waals surface area (Å²) in [5.74, 6) is 2.95. The number of hydrogen-bond donors (Lipinski definition) is 1. The number of fused-ring (bicyclic) bond motifs is 2. The Labute approximate surface area is 139 Å². The van der Waals surface area contributed by atoms with Gasteiger partial charge in [0.05, 0.1) is 6.61 Å². The number of rotatable bonds is 2. The summed E-state index contributed by atoms with van der Waals surface area (Å²) in [5.41, 5.74) is 3.47. The number of carbonyl (C=O) groups excluding carboxylic acids is 1. The number of amides is 1. The van der Waals surface area contributed by atoms with Crippen molar-refractivity contribution in [1.29, 1.82) is 0 Å². The van der Waals surface area contributed by atoms with E-state index in [4.69, 9.17) is 4.74 Å². The van der Waals surface area contributed by atoms with E-state index in [2.05, 4.69) is 45.1 Å². The van der Waals surface area contributed by atoms with Crippen molar-refractivity contribution in [3.63, 3.8) is 0 Å². The van der Waals surface area contributed by atoms with Crippen molar-refractivity contribution in [2.45, 2.75) is 53.4 Å². The molecule has 2 aliphatic rings. The fraction of sp³-hybridized carbons (Fsp3) is 0.650. The standard InChI is InChI=1S/C20H29NO2/c1-12(2)16-6-5-15-9-18-14(10-19(15)23-11-16)7-8-17(13(3)4)20(22)21-18/h9-10,12-13,16-17H,5-8,11H2,1-4H3,(H,21,22). The Morgan fingerprint density at radius 3 is 2.48 bits per heavy atom. The van der Waals surface area contributed by atoms with Crippen LogP contribution in [-0.4, -0.2) is 12.5 Å². The van der Waals surface area contributed by atoms with E-state index in [9.17, 15) is 4.79 Å². The Kier molecular flexibility index (Phi) is 4.65. The van der Waals surface area contributed by atoms with Crippen LogP contribution in [0.2, 0.25) is 0 Å². The number of carbonyl (C=O) groups is 1. The summed E-state index contributed by atoms with van der Waals surface area (Å²) >= 11 is 0. The van der Waals surface area contributed by atoms with Gasteiger partial charge in [-0.15, -0.1) is 0 Å². The molecule has 0 fully saturated rings. The molecule has 0 bridgehead atoms. The fourth-order valence-electron chi connectivity index (χ4n) is 3.77. The quantitative estimate of drug-likeness (QED) is 0.876. The van der Waals surface area contributed by atoms with Crippen LogP contribution in [0.15, 0.2) is 12.1 Å². The smallest absolute Gasteiger partial charge is 0.227 e. The van der Waals surface area contributed by atoms with Crippen LogP contribution >= 0.6 is 0 Å². The summed E-state index contributed by atoms with van der Waals surface area (Å²) in [6.07, 6.45) is 4.06. The van der Waals surface area contributed by atoms with Gasteiger partial charge in [-0.25, -0.2) is 0 Å². The second kappa shape index (κ2) is 6.54. The Morgan fingerprint density at radius 2 is 1.78 bits per heavy atom. The first-order chi connectivity index (χ1) is 11.0. The van der Waals surface area contributed by atoms with Gasteiger partial charge in [-0.2, -0.15) is 0 Å². The lowest BCUT2D eigenvalue weighted by molar-refractivity contribution is -0.121. The van der Waals surface area contributed by atoms with Crippen molar-refractivity contribution in [1.82, 2.24) is 0 Å². The number of nitrogens with one attached hydrogen (secondary N) is 1. The Hall–Kier alpha value is -1.51. The molecule has 0 radical (unpaired) electrons. The Morgan fingerprint density at radius 1 is 1.04 bits per heavy atom. The summed E-state index contributed by atoms with van der Waals surface area (Å²) in [6, 6.07) is 4.34. The summed E-state index contributed by atoms with van der Waals surface area (Å²) in [5, 5.41) is 3.16. The van der Waals surface area contributed by atoms with Crippen molar-refractivity contribution >= 4 is 11.6 Å². The molecule has 0 saturated heterocycles. The zero-order chi connectivity index (χ0) is 16.6. The van der Waals surface area contributed by atoms with Gasteiger partial charge in [-0.3, -0.25) is 4.79 Å². The molecule has 23 heavy (non-hydrogen) atoms. The summed E-state index contributed by atoms with van der Waals surface area (Å²) < 4.78 is 6.12. The monoisotopic (exact) mass is 315 g/mol. The molecule has 2 unspecified atom stereocenters. The molecule has 1 aromatic rings. The van der Waals surface area contributed by atoms with Crippen LogP contribution in [0.4, 0.5) is 5.69 Å². The van der Waals surface area contributed by atoms with Crippen molar-refractivity contribution in [2.24, 2.45) is 23.7 Å². The molecule has 1 aromatic carbocycles. The maximum absolute atomic E-state index is 12.5. The number of ether oxygens (including phenoxy) is 1. The van der Waals surface area contributed by atoms with Crippen LogP contribution in [0.5, 0.6) is 5.75 Å². The second-order valence-electron chi connectivity index (χ2n) is 7.85. The molecule has 2 heterocycles. The lowest BCUT2D eigenvalue weighted by atomic mass is 9.89. The van der Waals surface area contributed by atoms with Crippen LogP contribution in [0.1, 0.15) is 51.7 Å². The Balaban J connectivity index is 1.86. The molecule has 3 rings (SSSR count). The molecule has 1 N–H and O–H groups in total. The molecular formula is C20H29NO2. The molecule has 2 aliphatic heterocycles. The van der Waals surface area contributed by atoms with Crippen molar-refractivity contribution in [3.8, 4) is 5.75 Å². The number of benzene rings is 1. The van der Waals surface area contributed by atoms with Gasteiger partial charge in [0, 0.05) is 11.6 Å². The lowest BCUT2D eigenvalue weighted by Crippen LogP contribution is -2.25. The summed E-state index contributed by atoms with van der Waals surface area (Å²) in [7, 11) is 0. The molecule has 3 nitrogen and oxygen atoms in total. The first-order valence-electron chi connectivity index (χ1n) is 9.05. The molecule has 0 saturated carbocycles. The lowest BCUT2D eigenvalue weighted by Gasteiger charge is -2.17. The topological polar surface area (TPSA) is 38.3 Å². The molecule has 2 atom stereocenters. The van der Waals surface area contributed by atoms with Gasteiger partial charge >= 0.3 is 0 Å². The molecule has 0 spiro atoms. The third kappa shape index (κ3) is 3.39. The van der Waals surface area contributed by atoms with Gasteiger partial charge in [0.1, 0.15) is 5.75 Å². The van der Waals surface area contributed by atoms with Crippen LogP contribution in [0.25, 0.3) is 0 Å². The number of hydrogen-bond acceptors (Lipinski definition) is 2. The van der Waals surface area contributed by atoms with E-state index in [1.165, 1.54) is 11.1 Å². The van der Waals surface area contributed by atoms with E-state index in [1.807, 2.05) is 0 Å². The fourth-order valence-corrected chi connectivity index (χ4v) is 3.77. The van der Waals surface area contributed by atoms with Gasteiger partial charge in [0.15, 0.2) is 0 Å². The summed E-state index contributed by atoms with van der Waals surface area (Å²) in [6.45, 7) is 9.61. The average Bonchev–Trinajstić information content (AvgIpc) is 2.77. The van der Waals surface area contributed by atoms with E-state index < -0.39 is 0 Å². The van der Waals surface area contributed by atoms with Gasteiger partial charge < -0.3 is 10.1 Å². The minimum Gasteiger partial charge on any atom is -0.493 e. The highest BCUT2D eigenvalue weighted by Crippen LogP contribution is 2.36. The van der Waals surface area contributed by atoms with Gasteiger partial charge in [-0.1, -0.05) is 27.7 Å². The predicted octanol–water partition coefficient (Wildman–Crippen LogP) is 4.44. The van der Waals surface area contributed by atoms with Crippen LogP contribution in [0.3, 0.4) is 0 Å². The minimum atomic E-state index is 0.105. The SMILES string of the molecule is CC(C)C1CCc2cc3c(cc2OC1)CCC(C(C)C)C(=O)N3. The third-order valence-electron chi connectivity index (χ3n) is 5.59. The van der Waals surface area contributed by atoms with E-state index in [-0.39, 0.29) is 11.8 Å². The molecule has 0 aromatic heterocycles. The largest absolute Gasteiger partial charge is 0.493 e. The summed E-state index contributed by atoms with van der Waals surface area (Å²) in [4.78, 5) is 12.5. The normalized spacial score (nSPS) is 24.3.